The van der Waals surface area contributed by atoms with Crippen molar-refractivity contribution in [3.05, 3.63) is 70.8 Å². The van der Waals surface area contributed by atoms with E-state index in [0.717, 1.165) is 50.4 Å². The van der Waals surface area contributed by atoms with Gasteiger partial charge in [0.05, 0.1) is 13.2 Å². The van der Waals surface area contributed by atoms with Crippen LogP contribution in [0.2, 0.25) is 0 Å². The second-order valence-electron chi connectivity index (χ2n) is 7.39. The monoisotopic (exact) mass is 381 g/mol. The third-order valence-corrected chi connectivity index (χ3v) is 5.17. The molecular weight excluding hydrogens is 350 g/mol. The lowest BCUT2D eigenvalue weighted by Gasteiger charge is -2.26. The van der Waals surface area contributed by atoms with E-state index >= 15 is 0 Å². The molecule has 0 atom stereocenters. The van der Waals surface area contributed by atoms with Gasteiger partial charge in [0.15, 0.2) is 0 Å². The van der Waals surface area contributed by atoms with Crippen molar-refractivity contribution in [1.29, 1.82) is 0 Å². The van der Waals surface area contributed by atoms with E-state index in [4.69, 9.17) is 4.74 Å². The average Bonchev–Trinajstić information content (AvgIpc) is 2.74. The van der Waals surface area contributed by atoms with Gasteiger partial charge in [-0.1, -0.05) is 55.5 Å². The molecule has 150 valence electrons. The molecule has 3 rings (SSSR count). The van der Waals surface area contributed by atoms with Gasteiger partial charge in [-0.3, -0.25) is 4.90 Å². The van der Waals surface area contributed by atoms with Crippen molar-refractivity contribution in [2.45, 2.75) is 33.0 Å². The van der Waals surface area contributed by atoms with E-state index in [2.05, 4.69) is 65.7 Å². The Kier molecular flexibility index (Phi) is 7.46. The number of benzene rings is 2. The molecule has 0 bridgehead atoms. The first-order valence-electron chi connectivity index (χ1n) is 10.1. The fraction of sp³-hybridized carbons (Fsp3) is 0.435. The molecule has 0 unspecified atom stereocenters. The molecule has 1 aliphatic heterocycles. The minimum absolute atomic E-state index is 0.0584. The van der Waals surface area contributed by atoms with Crippen LogP contribution in [0.1, 0.15) is 29.2 Å². The smallest absolute Gasteiger partial charge is 0.317 e. The third kappa shape index (κ3) is 6.08. The lowest BCUT2D eigenvalue weighted by Crippen LogP contribution is -2.36. The molecule has 0 aromatic heterocycles. The maximum Gasteiger partial charge on any atom is 0.317 e. The number of amides is 2. The predicted molar refractivity (Wildman–Crippen MR) is 112 cm³/mol. The summed E-state index contributed by atoms with van der Waals surface area (Å²) in [6, 6.07) is 16.9. The highest BCUT2D eigenvalue weighted by Crippen LogP contribution is 2.10. The topological polar surface area (TPSA) is 44.8 Å². The van der Waals surface area contributed by atoms with E-state index in [1.165, 1.54) is 11.1 Å². The zero-order valence-corrected chi connectivity index (χ0v) is 17.0. The molecule has 1 N–H and O–H groups in total. The molecule has 0 aliphatic carbocycles. The molecule has 0 spiro atoms. The Morgan fingerprint density at radius 1 is 0.964 bits per heavy atom. The zero-order chi connectivity index (χ0) is 19.8. The molecule has 0 radical (unpaired) electrons. The van der Waals surface area contributed by atoms with E-state index in [1.807, 2.05) is 7.05 Å². The van der Waals surface area contributed by atoms with Crippen molar-refractivity contribution >= 4 is 6.03 Å². The maximum absolute atomic E-state index is 12.4. The van der Waals surface area contributed by atoms with Crippen molar-refractivity contribution in [3.63, 3.8) is 0 Å². The molecule has 1 aliphatic rings. The standard InChI is InChI=1S/C23H31N3O2/c1-3-19-4-8-21(9-5-19)17-25(2)23(27)24-16-20-6-10-22(11-7-20)18-26-12-14-28-15-13-26/h4-11H,3,12-18H2,1-2H3,(H,24,27). The number of nitrogens with one attached hydrogen (secondary N) is 1. The van der Waals surface area contributed by atoms with Gasteiger partial charge in [0.1, 0.15) is 0 Å². The molecule has 2 aromatic carbocycles. The Morgan fingerprint density at radius 3 is 2.18 bits per heavy atom. The second-order valence-corrected chi connectivity index (χ2v) is 7.39. The summed E-state index contributed by atoms with van der Waals surface area (Å²) in [6.45, 7) is 7.86. The van der Waals surface area contributed by atoms with E-state index in [1.54, 1.807) is 4.90 Å². The second kappa shape index (κ2) is 10.2. The normalized spacial score (nSPS) is 14.6. The van der Waals surface area contributed by atoms with Crippen LogP contribution < -0.4 is 5.32 Å². The molecule has 5 heteroatoms. The van der Waals surface area contributed by atoms with Crippen LogP contribution in [0.25, 0.3) is 0 Å². The number of urea groups is 1. The molecule has 1 saturated heterocycles. The maximum atomic E-state index is 12.4. The van der Waals surface area contributed by atoms with E-state index < -0.39 is 0 Å². The zero-order valence-electron chi connectivity index (χ0n) is 17.0. The van der Waals surface area contributed by atoms with Crippen LogP contribution in [0.5, 0.6) is 0 Å². The van der Waals surface area contributed by atoms with Crippen molar-refractivity contribution in [3.8, 4) is 0 Å². The highest BCUT2D eigenvalue weighted by molar-refractivity contribution is 5.73. The van der Waals surface area contributed by atoms with Gasteiger partial charge in [0, 0.05) is 39.8 Å². The number of hydrogen-bond acceptors (Lipinski definition) is 3. The first kappa shape index (κ1) is 20.4. The quantitative estimate of drug-likeness (QED) is 0.799. The number of carbonyl (C=O) groups is 1. The van der Waals surface area contributed by atoms with E-state index in [9.17, 15) is 4.79 Å². The molecular formula is C23H31N3O2. The van der Waals surface area contributed by atoms with Crippen molar-refractivity contribution in [2.24, 2.45) is 0 Å². The minimum atomic E-state index is -0.0584. The third-order valence-electron chi connectivity index (χ3n) is 5.17. The van der Waals surface area contributed by atoms with Gasteiger partial charge >= 0.3 is 6.03 Å². The summed E-state index contributed by atoms with van der Waals surface area (Å²) in [4.78, 5) is 16.5. The fourth-order valence-electron chi connectivity index (χ4n) is 3.32. The lowest BCUT2D eigenvalue weighted by atomic mass is 10.1. The number of nitrogens with zero attached hydrogens (tertiary/aromatic N) is 2. The van der Waals surface area contributed by atoms with Crippen LogP contribution in [-0.2, 0) is 30.8 Å². The van der Waals surface area contributed by atoms with E-state index in [-0.39, 0.29) is 6.03 Å². The highest BCUT2D eigenvalue weighted by Gasteiger charge is 2.11. The predicted octanol–water partition coefficient (Wildman–Crippen LogP) is 3.42. The molecule has 28 heavy (non-hydrogen) atoms. The first-order chi connectivity index (χ1) is 13.6. The summed E-state index contributed by atoms with van der Waals surface area (Å²) < 4.78 is 5.39. The highest BCUT2D eigenvalue weighted by atomic mass is 16.5. The summed E-state index contributed by atoms with van der Waals surface area (Å²) in [5, 5.41) is 3.00. The van der Waals surface area contributed by atoms with Gasteiger partial charge in [0.25, 0.3) is 0 Å². The molecule has 1 fully saturated rings. The number of hydrogen-bond donors (Lipinski definition) is 1. The lowest BCUT2D eigenvalue weighted by molar-refractivity contribution is 0.0342. The van der Waals surface area contributed by atoms with Gasteiger partial charge in [-0.15, -0.1) is 0 Å². The molecule has 1 heterocycles. The van der Waals surface area contributed by atoms with Crippen LogP contribution >= 0.6 is 0 Å². The van der Waals surface area contributed by atoms with Crippen molar-refractivity contribution in [2.75, 3.05) is 33.4 Å². The Morgan fingerprint density at radius 2 is 1.54 bits per heavy atom. The van der Waals surface area contributed by atoms with Gasteiger partial charge < -0.3 is 15.0 Å². The average molecular weight is 382 g/mol. The van der Waals surface area contributed by atoms with Crippen LogP contribution in [-0.4, -0.2) is 49.2 Å². The van der Waals surface area contributed by atoms with Crippen LogP contribution in [0, 0.1) is 0 Å². The SMILES string of the molecule is CCc1ccc(CN(C)C(=O)NCc2ccc(CN3CCOCC3)cc2)cc1. The summed E-state index contributed by atoms with van der Waals surface area (Å²) in [6.07, 6.45) is 1.03. The Hall–Kier alpha value is -2.37. The van der Waals surface area contributed by atoms with Crippen LogP contribution in [0.4, 0.5) is 4.79 Å². The molecule has 5 nitrogen and oxygen atoms in total. The number of rotatable bonds is 7. The number of aryl methyl sites for hydroxylation is 1. The van der Waals surface area contributed by atoms with Gasteiger partial charge in [-0.2, -0.15) is 0 Å². The summed E-state index contributed by atoms with van der Waals surface area (Å²) in [5.74, 6) is 0. The van der Waals surface area contributed by atoms with Gasteiger partial charge in [0.2, 0.25) is 0 Å². The largest absolute Gasteiger partial charge is 0.379 e. The van der Waals surface area contributed by atoms with Crippen molar-refractivity contribution in [1.82, 2.24) is 15.1 Å². The molecule has 0 saturated carbocycles. The molecule has 2 aromatic rings. The van der Waals surface area contributed by atoms with Gasteiger partial charge in [-0.25, -0.2) is 4.79 Å². The van der Waals surface area contributed by atoms with E-state index in [0.29, 0.717) is 13.1 Å². The number of carbonyl (C=O) groups excluding carboxylic acids is 1. The van der Waals surface area contributed by atoms with Gasteiger partial charge in [-0.05, 0) is 28.7 Å². The number of morpholine rings is 1. The van der Waals surface area contributed by atoms with Crippen molar-refractivity contribution < 1.29 is 9.53 Å². The van der Waals surface area contributed by atoms with Crippen LogP contribution in [0.3, 0.4) is 0 Å². The Labute approximate surface area is 168 Å². The summed E-state index contributed by atoms with van der Waals surface area (Å²) >= 11 is 0. The Bertz CT molecular complexity index is 737. The number of ether oxygens (including phenoxy) is 1. The Balaban J connectivity index is 1.43. The summed E-state index contributed by atoms with van der Waals surface area (Å²) in [5.41, 5.74) is 4.86. The minimum Gasteiger partial charge on any atom is -0.379 e. The summed E-state index contributed by atoms with van der Waals surface area (Å²) in [7, 11) is 1.83. The first-order valence-corrected chi connectivity index (χ1v) is 10.1. The fourth-order valence-corrected chi connectivity index (χ4v) is 3.32. The van der Waals surface area contributed by atoms with Crippen LogP contribution in [0.15, 0.2) is 48.5 Å². The molecule has 2 amide bonds.